The van der Waals surface area contributed by atoms with Crippen molar-refractivity contribution in [1.29, 1.82) is 0 Å². The van der Waals surface area contributed by atoms with Crippen molar-refractivity contribution in [2.24, 2.45) is 0 Å². The highest BCUT2D eigenvalue weighted by Gasteiger charge is 2.12. The molecule has 1 heterocycles. The number of para-hydroxylation sites is 2. The number of pyridine rings is 1. The highest BCUT2D eigenvalue weighted by Crippen LogP contribution is 2.21. The fourth-order valence-corrected chi connectivity index (χ4v) is 2.75. The van der Waals surface area contributed by atoms with Crippen LogP contribution >= 0.6 is 0 Å². The molecule has 0 radical (unpaired) electrons. The molecule has 0 unspecified atom stereocenters. The largest absolute Gasteiger partial charge is 0.462 e. The molecule has 0 bridgehead atoms. The van der Waals surface area contributed by atoms with Crippen molar-refractivity contribution >= 4 is 34.2 Å². The Labute approximate surface area is 157 Å². The molecule has 0 atom stereocenters. The van der Waals surface area contributed by atoms with Gasteiger partial charge in [0.05, 0.1) is 23.4 Å². The Kier molecular flexibility index (Phi) is 5.99. The normalized spacial score (nSPS) is 10.4. The van der Waals surface area contributed by atoms with Crippen LogP contribution in [-0.4, -0.2) is 30.0 Å². The molecule has 2 N–H and O–H groups in total. The lowest BCUT2D eigenvalue weighted by Gasteiger charge is -2.12. The van der Waals surface area contributed by atoms with E-state index in [9.17, 15) is 9.59 Å². The summed E-state index contributed by atoms with van der Waals surface area (Å²) in [6.45, 7) is 2.47. The van der Waals surface area contributed by atoms with Gasteiger partial charge in [-0.3, -0.25) is 9.78 Å². The summed E-state index contributed by atoms with van der Waals surface area (Å²) in [4.78, 5) is 28.6. The fraction of sp³-hybridized carbons (Fsp3) is 0.190. The molecule has 2 aromatic carbocycles. The zero-order valence-corrected chi connectivity index (χ0v) is 15.1. The summed E-state index contributed by atoms with van der Waals surface area (Å²) in [5.41, 5.74) is 2.55. The van der Waals surface area contributed by atoms with E-state index in [1.54, 1.807) is 31.3 Å². The molecular weight excluding hydrogens is 342 g/mol. The number of anilines is 2. The Morgan fingerprint density at radius 3 is 2.63 bits per heavy atom. The van der Waals surface area contributed by atoms with Crippen LogP contribution in [0, 0.1) is 0 Å². The zero-order valence-electron chi connectivity index (χ0n) is 15.1. The highest BCUT2D eigenvalue weighted by molar-refractivity contribution is 6.00. The van der Waals surface area contributed by atoms with E-state index in [-0.39, 0.29) is 18.3 Å². The number of carbonyl (C=O) groups excluding carboxylic acids is 2. The van der Waals surface area contributed by atoms with E-state index in [0.717, 1.165) is 10.9 Å². The molecule has 3 aromatic rings. The summed E-state index contributed by atoms with van der Waals surface area (Å²) in [5.74, 6) is -0.513. The molecule has 0 spiro atoms. The lowest BCUT2D eigenvalue weighted by molar-refractivity contribution is -0.115. The maximum absolute atomic E-state index is 12.3. The maximum Gasteiger partial charge on any atom is 0.340 e. The van der Waals surface area contributed by atoms with Crippen LogP contribution in [-0.2, 0) is 9.53 Å². The lowest BCUT2D eigenvalue weighted by Crippen LogP contribution is -2.17. The Morgan fingerprint density at radius 2 is 1.78 bits per heavy atom. The van der Waals surface area contributed by atoms with E-state index in [1.807, 2.05) is 36.4 Å². The number of nitrogens with one attached hydrogen (secondary N) is 2. The zero-order chi connectivity index (χ0) is 19.1. The Hall–Kier alpha value is -3.41. The van der Waals surface area contributed by atoms with Crippen LogP contribution in [0.3, 0.4) is 0 Å². The van der Waals surface area contributed by atoms with Crippen molar-refractivity contribution in [3.05, 3.63) is 66.4 Å². The van der Waals surface area contributed by atoms with Gasteiger partial charge in [-0.2, -0.15) is 0 Å². The van der Waals surface area contributed by atoms with Crippen LogP contribution < -0.4 is 10.6 Å². The van der Waals surface area contributed by atoms with Gasteiger partial charge in [-0.1, -0.05) is 30.3 Å². The van der Waals surface area contributed by atoms with E-state index < -0.39 is 0 Å². The Morgan fingerprint density at radius 1 is 1.00 bits per heavy atom. The van der Waals surface area contributed by atoms with Gasteiger partial charge in [-0.15, -0.1) is 0 Å². The molecule has 0 aliphatic heterocycles. The number of carbonyl (C=O) groups is 2. The van der Waals surface area contributed by atoms with Crippen LogP contribution in [0.15, 0.2) is 60.8 Å². The number of amides is 1. The third-order valence-electron chi connectivity index (χ3n) is 4.00. The number of hydrogen-bond donors (Lipinski definition) is 2. The SMILES string of the molecule is CCOC(=O)c1ccccc1NCCC(=O)Nc1cccc2cccnc12. The number of rotatable bonds is 7. The van der Waals surface area contributed by atoms with Gasteiger partial charge in [0.1, 0.15) is 0 Å². The minimum absolute atomic E-state index is 0.130. The van der Waals surface area contributed by atoms with Gasteiger partial charge in [0.25, 0.3) is 0 Å². The Bertz CT molecular complexity index is 951. The summed E-state index contributed by atoms with van der Waals surface area (Å²) >= 11 is 0. The number of hydrogen-bond acceptors (Lipinski definition) is 5. The molecule has 3 rings (SSSR count). The topological polar surface area (TPSA) is 80.3 Å². The van der Waals surface area contributed by atoms with Gasteiger partial charge < -0.3 is 15.4 Å². The number of nitrogens with zero attached hydrogens (tertiary/aromatic N) is 1. The van der Waals surface area contributed by atoms with Gasteiger partial charge in [0, 0.05) is 30.2 Å². The van der Waals surface area contributed by atoms with Gasteiger partial charge in [-0.05, 0) is 31.2 Å². The van der Waals surface area contributed by atoms with E-state index in [4.69, 9.17) is 4.74 Å². The standard InChI is InChI=1S/C21H21N3O3/c1-2-27-21(26)16-9-3-4-10-17(16)22-14-12-19(25)24-18-11-5-7-15-8-6-13-23-20(15)18/h3-11,13,22H,2,12,14H2,1H3,(H,24,25). The summed E-state index contributed by atoms with van der Waals surface area (Å²) in [5, 5.41) is 6.99. The van der Waals surface area contributed by atoms with Crippen molar-refractivity contribution in [2.45, 2.75) is 13.3 Å². The molecule has 27 heavy (non-hydrogen) atoms. The smallest absolute Gasteiger partial charge is 0.340 e. The van der Waals surface area contributed by atoms with Crippen LogP contribution in [0.25, 0.3) is 10.9 Å². The van der Waals surface area contributed by atoms with Crippen molar-refractivity contribution in [3.63, 3.8) is 0 Å². The van der Waals surface area contributed by atoms with Crippen LogP contribution in [0.1, 0.15) is 23.7 Å². The molecule has 0 saturated heterocycles. The first-order valence-corrected chi connectivity index (χ1v) is 8.82. The quantitative estimate of drug-likeness (QED) is 0.623. The first kappa shape index (κ1) is 18.4. The molecule has 0 fully saturated rings. The lowest BCUT2D eigenvalue weighted by atomic mass is 10.1. The second-order valence-electron chi connectivity index (χ2n) is 5.87. The van der Waals surface area contributed by atoms with Crippen LogP contribution in [0.4, 0.5) is 11.4 Å². The van der Waals surface area contributed by atoms with E-state index in [1.165, 1.54) is 0 Å². The Balaban J connectivity index is 1.60. The summed E-state index contributed by atoms with van der Waals surface area (Å²) in [6, 6.07) is 16.6. The second-order valence-corrected chi connectivity index (χ2v) is 5.87. The average Bonchev–Trinajstić information content (AvgIpc) is 2.69. The maximum atomic E-state index is 12.3. The molecule has 1 aromatic heterocycles. The minimum Gasteiger partial charge on any atom is -0.462 e. The van der Waals surface area contributed by atoms with E-state index >= 15 is 0 Å². The number of benzene rings is 2. The highest BCUT2D eigenvalue weighted by atomic mass is 16.5. The van der Waals surface area contributed by atoms with Crippen LogP contribution in [0.5, 0.6) is 0 Å². The molecule has 6 nitrogen and oxygen atoms in total. The predicted molar refractivity (Wildman–Crippen MR) is 106 cm³/mol. The molecule has 0 aliphatic rings. The third-order valence-corrected chi connectivity index (χ3v) is 4.00. The van der Waals surface area contributed by atoms with Gasteiger partial charge in [-0.25, -0.2) is 4.79 Å². The summed E-state index contributed by atoms with van der Waals surface area (Å²) in [7, 11) is 0. The van der Waals surface area contributed by atoms with Crippen molar-refractivity contribution in [3.8, 4) is 0 Å². The molecule has 0 aliphatic carbocycles. The van der Waals surface area contributed by atoms with Crippen molar-refractivity contribution in [1.82, 2.24) is 4.98 Å². The van der Waals surface area contributed by atoms with Gasteiger partial charge >= 0.3 is 5.97 Å². The van der Waals surface area contributed by atoms with E-state index in [0.29, 0.717) is 30.1 Å². The monoisotopic (exact) mass is 363 g/mol. The fourth-order valence-electron chi connectivity index (χ4n) is 2.75. The molecule has 6 heteroatoms. The number of aromatic nitrogens is 1. The second kappa shape index (κ2) is 8.80. The number of fused-ring (bicyclic) bond motifs is 1. The molecule has 0 saturated carbocycles. The number of esters is 1. The van der Waals surface area contributed by atoms with Crippen molar-refractivity contribution in [2.75, 3.05) is 23.8 Å². The van der Waals surface area contributed by atoms with Crippen LogP contribution in [0.2, 0.25) is 0 Å². The summed E-state index contributed by atoms with van der Waals surface area (Å²) in [6.07, 6.45) is 1.95. The van der Waals surface area contributed by atoms with E-state index in [2.05, 4.69) is 15.6 Å². The first-order valence-electron chi connectivity index (χ1n) is 8.82. The average molecular weight is 363 g/mol. The predicted octanol–water partition coefficient (Wildman–Crippen LogP) is 3.85. The minimum atomic E-state index is -0.383. The van der Waals surface area contributed by atoms with Gasteiger partial charge in [0.15, 0.2) is 0 Å². The first-order chi connectivity index (χ1) is 13.2. The molecule has 138 valence electrons. The molecular formula is C21H21N3O3. The van der Waals surface area contributed by atoms with Crippen molar-refractivity contribution < 1.29 is 14.3 Å². The van der Waals surface area contributed by atoms with Gasteiger partial charge in [0.2, 0.25) is 5.91 Å². The number of ether oxygens (including phenoxy) is 1. The summed E-state index contributed by atoms with van der Waals surface area (Å²) < 4.78 is 5.05. The molecule has 1 amide bonds. The third kappa shape index (κ3) is 4.61.